The van der Waals surface area contributed by atoms with Crippen LogP contribution < -0.4 is 10.6 Å². The summed E-state index contributed by atoms with van der Waals surface area (Å²) in [5.74, 6) is -0.703. The quantitative estimate of drug-likeness (QED) is 0.867. The normalized spacial score (nSPS) is 14.9. The Bertz CT molecular complexity index is 724. The molecule has 1 saturated heterocycles. The molecule has 0 atom stereocenters. The predicted octanol–water partition coefficient (Wildman–Crippen LogP) is 2.68. The number of anilines is 2. The average Bonchev–Trinajstić information content (AvgIpc) is 2.55. The number of carbonyl (C=O) groups is 1. The van der Waals surface area contributed by atoms with Crippen LogP contribution in [0.4, 0.5) is 15.8 Å². The minimum absolute atomic E-state index is 0.143. The van der Waals surface area contributed by atoms with Gasteiger partial charge in [-0.05, 0) is 42.8 Å². The molecule has 2 N–H and O–H groups in total. The molecule has 23 heavy (non-hydrogen) atoms. The van der Waals surface area contributed by atoms with Crippen molar-refractivity contribution >= 4 is 17.3 Å². The summed E-state index contributed by atoms with van der Waals surface area (Å²) < 4.78 is 13.8. The summed E-state index contributed by atoms with van der Waals surface area (Å²) in [6, 6.07) is 12.0. The zero-order valence-corrected chi connectivity index (χ0v) is 13.1. The van der Waals surface area contributed by atoms with Gasteiger partial charge in [0, 0.05) is 37.6 Å². The molecule has 0 spiro atoms. The first-order valence-electron chi connectivity index (χ1n) is 7.71. The van der Waals surface area contributed by atoms with Gasteiger partial charge in [0.05, 0.1) is 5.56 Å². The van der Waals surface area contributed by atoms with Gasteiger partial charge in [-0.15, -0.1) is 0 Å². The van der Waals surface area contributed by atoms with E-state index in [9.17, 15) is 9.18 Å². The minimum atomic E-state index is -0.464. The maximum absolute atomic E-state index is 13.8. The second kappa shape index (κ2) is 6.28. The molecule has 3 rings (SSSR count). The number of aryl methyl sites for hydroxylation is 1. The van der Waals surface area contributed by atoms with Crippen LogP contribution in [0.5, 0.6) is 0 Å². The zero-order valence-electron chi connectivity index (χ0n) is 13.1. The van der Waals surface area contributed by atoms with Gasteiger partial charge in [0.15, 0.2) is 0 Å². The highest BCUT2D eigenvalue weighted by atomic mass is 19.1. The fourth-order valence-corrected chi connectivity index (χ4v) is 2.99. The van der Waals surface area contributed by atoms with Gasteiger partial charge in [-0.1, -0.05) is 12.1 Å². The molecular formula is C18H20FN3O. The van der Waals surface area contributed by atoms with E-state index in [1.165, 1.54) is 12.1 Å². The molecule has 0 bridgehead atoms. The van der Waals surface area contributed by atoms with Gasteiger partial charge in [-0.3, -0.25) is 4.79 Å². The van der Waals surface area contributed by atoms with E-state index in [0.717, 1.165) is 30.0 Å². The highest BCUT2D eigenvalue weighted by Crippen LogP contribution is 2.24. The summed E-state index contributed by atoms with van der Waals surface area (Å²) in [5.41, 5.74) is 8.94. The third kappa shape index (κ3) is 3.13. The molecular weight excluding hydrogens is 293 g/mol. The lowest BCUT2D eigenvalue weighted by Gasteiger charge is -2.37. The van der Waals surface area contributed by atoms with E-state index in [4.69, 9.17) is 5.73 Å². The topological polar surface area (TPSA) is 49.6 Å². The summed E-state index contributed by atoms with van der Waals surface area (Å²) in [6.45, 7) is 4.65. The maximum Gasteiger partial charge on any atom is 0.256 e. The predicted molar refractivity (Wildman–Crippen MR) is 90.1 cm³/mol. The van der Waals surface area contributed by atoms with Gasteiger partial charge < -0.3 is 15.5 Å². The van der Waals surface area contributed by atoms with Crippen molar-refractivity contribution in [2.24, 2.45) is 0 Å². The van der Waals surface area contributed by atoms with Crippen LogP contribution in [0.2, 0.25) is 0 Å². The fourth-order valence-electron chi connectivity index (χ4n) is 2.99. The Labute approximate surface area is 135 Å². The monoisotopic (exact) mass is 313 g/mol. The molecule has 1 fully saturated rings. The van der Waals surface area contributed by atoms with Crippen LogP contribution in [0.3, 0.4) is 0 Å². The van der Waals surface area contributed by atoms with Crippen molar-refractivity contribution in [1.29, 1.82) is 0 Å². The smallest absolute Gasteiger partial charge is 0.256 e. The second-order valence-corrected chi connectivity index (χ2v) is 5.81. The Hall–Kier alpha value is -2.56. The van der Waals surface area contributed by atoms with Crippen LogP contribution in [0.1, 0.15) is 15.9 Å². The summed E-state index contributed by atoms with van der Waals surface area (Å²) in [5, 5.41) is 0. The number of rotatable bonds is 2. The van der Waals surface area contributed by atoms with Crippen molar-refractivity contribution in [3.8, 4) is 0 Å². The van der Waals surface area contributed by atoms with Gasteiger partial charge in [-0.25, -0.2) is 4.39 Å². The zero-order chi connectivity index (χ0) is 16.4. The van der Waals surface area contributed by atoms with Gasteiger partial charge in [0.1, 0.15) is 5.82 Å². The van der Waals surface area contributed by atoms with Crippen LogP contribution in [0.25, 0.3) is 0 Å². The number of amides is 1. The van der Waals surface area contributed by atoms with E-state index in [1.54, 1.807) is 17.0 Å². The summed E-state index contributed by atoms with van der Waals surface area (Å²) in [6.07, 6.45) is 0. The van der Waals surface area contributed by atoms with Crippen molar-refractivity contribution in [3.05, 3.63) is 59.4 Å². The van der Waals surface area contributed by atoms with Gasteiger partial charge >= 0.3 is 0 Å². The number of nitrogens with two attached hydrogens (primary N) is 1. The number of nitrogens with zero attached hydrogens (tertiary/aromatic N) is 2. The molecule has 5 heteroatoms. The molecule has 2 aromatic rings. The van der Waals surface area contributed by atoms with Crippen LogP contribution in [0.15, 0.2) is 42.5 Å². The number of nitrogen functional groups attached to an aromatic ring is 1. The molecule has 0 unspecified atom stereocenters. The van der Waals surface area contributed by atoms with Gasteiger partial charge in [-0.2, -0.15) is 0 Å². The molecule has 4 nitrogen and oxygen atoms in total. The molecule has 0 aromatic heterocycles. The summed E-state index contributed by atoms with van der Waals surface area (Å²) in [7, 11) is 0. The number of benzene rings is 2. The van der Waals surface area contributed by atoms with Crippen LogP contribution >= 0.6 is 0 Å². The molecule has 0 aliphatic carbocycles. The average molecular weight is 313 g/mol. The van der Waals surface area contributed by atoms with E-state index < -0.39 is 5.82 Å². The van der Waals surface area contributed by atoms with Crippen molar-refractivity contribution in [1.82, 2.24) is 4.90 Å². The molecule has 0 saturated carbocycles. The van der Waals surface area contributed by atoms with E-state index >= 15 is 0 Å². The third-order valence-electron chi connectivity index (χ3n) is 4.23. The van der Waals surface area contributed by atoms with Crippen molar-refractivity contribution < 1.29 is 9.18 Å². The van der Waals surface area contributed by atoms with E-state index in [0.29, 0.717) is 13.1 Å². The first kappa shape index (κ1) is 15.3. The highest BCUT2D eigenvalue weighted by Gasteiger charge is 2.24. The van der Waals surface area contributed by atoms with Crippen LogP contribution in [-0.4, -0.2) is 37.0 Å². The second-order valence-electron chi connectivity index (χ2n) is 5.81. The summed E-state index contributed by atoms with van der Waals surface area (Å²) in [4.78, 5) is 16.4. The Kier molecular flexibility index (Phi) is 4.19. The molecule has 1 aliphatic rings. The lowest BCUT2D eigenvalue weighted by molar-refractivity contribution is 0.0742. The minimum Gasteiger partial charge on any atom is -0.399 e. The first-order valence-corrected chi connectivity index (χ1v) is 7.71. The van der Waals surface area contributed by atoms with E-state index in [2.05, 4.69) is 4.90 Å². The Morgan fingerprint density at radius 1 is 1.09 bits per heavy atom. The van der Waals surface area contributed by atoms with Crippen molar-refractivity contribution in [2.75, 3.05) is 36.8 Å². The Balaban J connectivity index is 1.69. The van der Waals surface area contributed by atoms with Gasteiger partial charge in [0.25, 0.3) is 5.91 Å². The van der Waals surface area contributed by atoms with E-state index in [-0.39, 0.29) is 11.5 Å². The van der Waals surface area contributed by atoms with Crippen molar-refractivity contribution in [2.45, 2.75) is 6.92 Å². The highest BCUT2D eigenvalue weighted by molar-refractivity contribution is 5.94. The Morgan fingerprint density at radius 2 is 1.78 bits per heavy atom. The number of hydrogen-bond acceptors (Lipinski definition) is 3. The lowest BCUT2D eigenvalue weighted by Crippen LogP contribution is -2.49. The lowest BCUT2D eigenvalue weighted by atomic mass is 10.1. The number of halogens is 1. The third-order valence-corrected chi connectivity index (χ3v) is 4.23. The standard InChI is InChI=1S/C18H20FN3O/c1-13-12-14(20)6-7-17(13)21-8-10-22(11-9-21)18(23)15-4-2-3-5-16(15)19/h2-7,12H,8-11,20H2,1H3. The molecule has 0 radical (unpaired) electrons. The molecule has 120 valence electrons. The van der Waals surface area contributed by atoms with Crippen molar-refractivity contribution in [3.63, 3.8) is 0 Å². The molecule has 1 aliphatic heterocycles. The molecule has 1 heterocycles. The number of carbonyl (C=O) groups excluding carboxylic acids is 1. The summed E-state index contributed by atoms with van der Waals surface area (Å²) >= 11 is 0. The molecule has 2 aromatic carbocycles. The van der Waals surface area contributed by atoms with E-state index in [1.807, 2.05) is 25.1 Å². The van der Waals surface area contributed by atoms with Gasteiger partial charge in [0.2, 0.25) is 0 Å². The number of piperazine rings is 1. The number of hydrogen-bond donors (Lipinski definition) is 1. The largest absolute Gasteiger partial charge is 0.399 e. The molecule has 1 amide bonds. The first-order chi connectivity index (χ1) is 11.1. The van der Waals surface area contributed by atoms with Crippen LogP contribution in [0, 0.1) is 12.7 Å². The SMILES string of the molecule is Cc1cc(N)ccc1N1CCN(C(=O)c2ccccc2F)CC1. The Morgan fingerprint density at radius 3 is 2.43 bits per heavy atom. The van der Waals surface area contributed by atoms with Crippen LogP contribution in [-0.2, 0) is 0 Å². The fraction of sp³-hybridized carbons (Fsp3) is 0.278. The maximum atomic E-state index is 13.8.